The Bertz CT molecular complexity index is 519. The van der Waals surface area contributed by atoms with Gasteiger partial charge in [-0.25, -0.2) is 0 Å². The Hall–Kier alpha value is -1.80. The summed E-state index contributed by atoms with van der Waals surface area (Å²) >= 11 is 0. The number of likely N-dealkylation sites (N-methyl/N-ethyl adjacent to an activating group) is 1. The van der Waals surface area contributed by atoms with Crippen molar-refractivity contribution in [2.75, 3.05) is 13.1 Å². The highest BCUT2D eigenvalue weighted by Gasteiger charge is 2.14. The molecule has 0 spiro atoms. The molecule has 1 N–H and O–H groups in total. The van der Waals surface area contributed by atoms with Gasteiger partial charge in [0.2, 0.25) is 0 Å². The summed E-state index contributed by atoms with van der Waals surface area (Å²) in [5, 5.41) is 3.36. The van der Waals surface area contributed by atoms with Crippen LogP contribution in [0.2, 0.25) is 0 Å². The molecule has 0 saturated carbocycles. The summed E-state index contributed by atoms with van der Waals surface area (Å²) < 4.78 is 6.11. The monoisotopic (exact) mass is 283 g/mol. The first-order valence-corrected chi connectivity index (χ1v) is 7.73. The van der Waals surface area contributed by atoms with Gasteiger partial charge in [-0.1, -0.05) is 63.2 Å². The Morgan fingerprint density at radius 3 is 2.10 bits per heavy atom. The molecule has 0 bridgehead atoms. The van der Waals surface area contributed by atoms with Crippen molar-refractivity contribution in [3.8, 4) is 16.9 Å². The molecule has 2 rings (SSSR count). The molecule has 0 aliphatic carbocycles. The molecule has 112 valence electrons. The lowest BCUT2D eigenvalue weighted by molar-refractivity contribution is 0.149. The first-order valence-electron chi connectivity index (χ1n) is 7.73. The van der Waals surface area contributed by atoms with Gasteiger partial charge in [-0.05, 0) is 35.7 Å². The molecule has 2 aromatic carbocycles. The molecule has 1 unspecified atom stereocenters. The molecule has 1 atom stereocenters. The quantitative estimate of drug-likeness (QED) is 0.815. The van der Waals surface area contributed by atoms with Crippen LogP contribution < -0.4 is 10.1 Å². The van der Waals surface area contributed by atoms with Crippen molar-refractivity contribution < 1.29 is 4.74 Å². The maximum atomic E-state index is 6.11. The van der Waals surface area contributed by atoms with Gasteiger partial charge in [-0.2, -0.15) is 0 Å². The van der Waals surface area contributed by atoms with Gasteiger partial charge in [-0.15, -0.1) is 0 Å². The lowest BCUT2D eigenvalue weighted by Crippen LogP contribution is -2.35. The smallest absolute Gasteiger partial charge is 0.119 e. The van der Waals surface area contributed by atoms with Crippen LogP contribution in [0.15, 0.2) is 54.6 Å². The van der Waals surface area contributed by atoms with Crippen molar-refractivity contribution >= 4 is 0 Å². The van der Waals surface area contributed by atoms with E-state index in [1.807, 2.05) is 6.07 Å². The van der Waals surface area contributed by atoms with Crippen LogP contribution >= 0.6 is 0 Å². The first kappa shape index (κ1) is 15.6. The van der Waals surface area contributed by atoms with Crippen molar-refractivity contribution in [3.63, 3.8) is 0 Å². The Morgan fingerprint density at radius 1 is 0.905 bits per heavy atom. The molecule has 0 aliphatic rings. The largest absolute Gasteiger partial charge is 0.489 e. The highest BCUT2D eigenvalue weighted by atomic mass is 16.5. The summed E-state index contributed by atoms with van der Waals surface area (Å²) in [5.41, 5.74) is 2.45. The van der Waals surface area contributed by atoms with Crippen LogP contribution in [0.5, 0.6) is 5.75 Å². The van der Waals surface area contributed by atoms with Gasteiger partial charge >= 0.3 is 0 Å². The zero-order valence-electron chi connectivity index (χ0n) is 13.2. The maximum Gasteiger partial charge on any atom is 0.119 e. The highest BCUT2D eigenvalue weighted by molar-refractivity contribution is 5.63. The van der Waals surface area contributed by atoms with Gasteiger partial charge in [0.1, 0.15) is 11.9 Å². The van der Waals surface area contributed by atoms with Crippen LogP contribution in [-0.4, -0.2) is 19.2 Å². The first-order chi connectivity index (χ1) is 10.2. The molecule has 0 saturated heterocycles. The fourth-order valence-electron chi connectivity index (χ4n) is 2.23. The van der Waals surface area contributed by atoms with Crippen LogP contribution in [0.25, 0.3) is 11.1 Å². The third-order valence-electron chi connectivity index (χ3n) is 3.59. The van der Waals surface area contributed by atoms with Crippen molar-refractivity contribution in [1.29, 1.82) is 0 Å². The molecule has 21 heavy (non-hydrogen) atoms. The standard InChI is InChI=1S/C19H25NO/c1-4-20-14-19(15(2)3)21-18-12-10-17(11-13-18)16-8-6-5-7-9-16/h5-13,15,19-20H,4,14H2,1-3H3. The minimum atomic E-state index is 0.201. The Morgan fingerprint density at radius 2 is 1.52 bits per heavy atom. The van der Waals surface area contributed by atoms with E-state index in [9.17, 15) is 0 Å². The SMILES string of the molecule is CCNCC(Oc1ccc(-c2ccccc2)cc1)C(C)C. The summed E-state index contributed by atoms with van der Waals surface area (Å²) in [4.78, 5) is 0. The Kier molecular flexibility index (Phi) is 5.82. The normalized spacial score (nSPS) is 12.4. The number of rotatable bonds is 7. The highest BCUT2D eigenvalue weighted by Crippen LogP contribution is 2.23. The number of benzene rings is 2. The van der Waals surface area contributed by atoms with E-state index in [0.29, 0.717) is 5.92 Å². The van der Waals surface area contributed by atoms with Crippen molar-refractivity contribution in [2.45, 2.75) is 26.9 Å². The van der Waals surface area contributed by atoms with Gasteiger partial charge < -0.3 is 10.1 Å². The average molecular weight is 283 g/mol. The van der Waals surface area contributed by atoms with E-state index in [0.717, 1.165) is 18.8 Å². The second-order valence-corrected chi connectivity index (χ2v) is 5.60. The van der Waals surface area contributed by atoms with Crippen LogP contribution in [0.1, 0.15) is 20.8 Å². The van der Waals surface area contributed by atoms with E-state index in [1.165, 1.54) is 11.1 Å². The van der Waals surface area contributed by atoms with Crippen molar-refractivity contribution in [1.82, 2.24) is 5.32 Å². The van der Waals surface area contributed by atoms with E-state index in [-0.39, 0.29) is 6.10 Å². The van der Waals surface area contributed by atoms with Crippen LogP contribution in [-0.2, 0) is 0 Å². The van der Waals surface area contributed by atoms with Crippen molar-refractivity contribution in [3.05, 3.63) is 54.6 Å². The van der Waals surface area contributed by atoms with Crippen LogP contribution in [0.3, 0.4) is 0 Å². The lowest BCUT2D eigenvalue weighted by atomic mass is 10.1. The zero-order valence-corrected chi connectivity index (χ0v) is 13.2. The van der Waals surface area contributed by atoms with Crippen LogP contribution in [0.4, 0.5) is 0 Å². The second-order valence-electron chi connectivity index (χ2n) is 5.60. The molecule has 0 heterocycles. The summed E-state index contributed by atoms with van der Waals surface area (Å²) in [5.74, 6) is 1.42. The molecule has 2 aromatic rings. The zero-order chi connectivity index (χ0) is 15.1. The number of nitrogens with one attached hydrogen (secondary N) is 1. The molecule has 0 fully saturated rings. The topological polar surface area (TPSA) is 21.3 Å². The third-order valence-corrected chi connectivity index (χ3v) is 3.59. The van der Waals surface area contributed by atoms with E-state index in [4.69, 9.17) is 4.74 Å². The molecule has 0 aliphatic heterocycles. The summed E-state index contributed by atoms with van der Waals surface area (Å²) in [7, 11) is 0. The summed E-state index contributed by atoms with van der Waals surface area (Å²) in [6.45, 7) is 8.36. The molecular weight excluding hydrogens is 258 g/mol. The molecule has 0 amide bonds. The number of hydrogen-bond donors (Lipinski definition) is 1. The maximum absolute atomic E-state index is 6.11. The average Bonchev–Trinajstić information content (AvgIpc) is 2.52. The van der Waals surface area contributed by atoms with Gasteiger partial charge in [0.25, 0.3) is 0 Å². The summed E-state index contributed by atoms with van der Waals surface area (Å²) in [6.07, 6.45) is 0.201. The third kappa shape index (κ3) is 4.61. The second kappa shape index (κ2) is 7.84. The molecule has 2 nitrogen and oxygen atoms in total. The summed E-state index contributed by atoms with van der Waals surface area (Å²) in [6, 6.07) is 18.8. The van der Waals surface area contributed by atoms with Gasteiger partial charge in [0, 0.05) is 6.54 Å². The number of ether oxygens (including phenoxy) is 1. The van der Waals surface area contributed by atoms with E-state index >= 15 is 0 Å². The van der Waals surface area contributed by atoms with Gasteiger partial charge in [0.15, 0.2) is 0 Å². The minimum absolute atomic E-state index is 0.201. The predicted octanol–water partition coefficient (Wildman–Crippen LogP) is 4.37. The molecular formula is C19H25NO. The molecule has 0 radical (unpaired) electrons. The van der Waals surface area contributed by atoms with Crippen LogP contribution in [0, 0.1) is 5.92 Å². The lowest BCUT2D eigenvalue weighted by Gasteiger charge is -2.23. The predicted molar refractivity (Wildman–Crippen MR) is 89.7 cm³/mol. The van der Waals surface area contributed by atoms with E-state index < -0.39 is 0 Å². The van der Waals surface area contributed by atoms with Gasteiger partial charge in [-0.3, -0.25) is 0 Å². The molecule has 0 aromatic heterocycles. The fraction of sp³-hybridized carbons (Fsp3) is 0.368. The molecule has 2 heteroatoms. The minimum Gasteiger partial charge on any atom is -0.489 e. The Balaban J connectivity index is 2.04. The van der Waals surface area contributed by atoms with Crippen molar-refractivity contribution in [2.24, 2.45) is 5.92 Å². The Labute approximate surface area is 128 Å². The number of hydrogen-bond acceptors (Lipinski definition) is 2. The van der Waals surface area contributed by atoms with Gasteiger partial charge in [0.05, 0.1) is 0 Å². The van der Waals surface area contributed by atoms with E-state index in [2.05, 4.69) is 74.6 Å². The van der Waals surface area contributed by atoms with E-state index in [1.54, 1.807) is 0 Å². The fourth-order valence-corrected chi connectivity index (χ4v) is 2.23.